The molecule has 0 saturated heterocycles. The molecule has 24 heavy (non-hydrogen) atoms. The largest absolute Gasteiger partial charge is 0.492 e. The molecule has 0 aliphatic carbocycles. The number of unbranched alkanes of at least 4 members (excludes halogenated alkanes) is 1. The van der Waals surface area contributed by atoms with E-state index in [0.717, 1.165) is 30.2 Å². The summed E-state index contributed by atoms with van der Waals surface area (Å²) in [4.78, 5) is 11.4. The van der Waals surface area contributed by atoms with Gasteiger partial charge < -0.3 is 18.6 Å². The zero-order valence-electron chi connectivity index (χ0n) is 13.5. The average Bonchev–Trinajstić information content (AvgIpc) is 3.01. The van der Waals surface area contributed by atoms with Crippen molar-refractivity contribution in [2.75, 3.05) is 13.2 Å². The van der Waals surface area contributed by atoms with Gasteiger partial charge in [-0.25, -0.2) is 10.6 Å². The molecule has 0 saturated carbocycles. The van der Waals surface area contributed by atoms with Crippen LogP contribution in [0.4, 0.5) is 0 Å². The molecule has 6 heteroatoms. The van der Waals surface area contributed by atoms with E-state index in [0.29, 0.717) is 23.5 Å². The summed E-state index contributed by atoms with van der Waals surface area (Å²) >= 11 is 0. The Balaban J connectivity index is 1.75. The highest BCUT2D eigenvalue weighted by Gasteiger charge is 2.13. The molecule has 6 nitrogen and oxygen atoms in total. The topological polar surface area (TPSA) is 81.8 Å². The minimum Gasteiger partial charge on any atom is -0.492 e. The van der Waals surface area contributed by atoms with Gasteiger partial charge in [0.1, 0.15) is 16.9 Å². The lowest BCUT2D eigenvalue weighted by molar-refractivity contribution is 0.296. The van der Waals surface area contributed by atoms with Crippen molar-refractivity contribution in [2.24, 2.45) is 5.84 Å². The van der Waals surface area contributed by atoms with E-state index in [1.54, 1.807) is 23.4 Å². The number of rotatable bonds is 7. The van der Waals surface area contributed by atoms with Crippen molar-refractivity contribution < 1.29 is 13.6 Å². The summed E-state index contributed by atoms with van der Waals surface area (Å²) in [5.41, 5.74) is 0.695. The van der Waals surface area contributed by atoms with Gasteiger partial charge in [-0.15, -0.1) is 0 Å². The minimum absolute atomic E-state index is 0.397. The van der Waals surface area contributed by atoms with Crippen molar-refractivity contribution in [1.29, 1.82) is 0 Å². The minimum atomic E-state index is -0.397. The van der Waals surface area contributed by atoms with Gasteiger partial charge in [-0.1, -0.05) is 6.08 Å². The lowest BCUT2D eigenvalue weighted by Gasteiger charge is -2.13. The van der Waals surface area contributed by atoms with Gasteiger partial charge in [0.05, 0.1) is 23.6 Å². The van der Waals surface area contributed by atoms with Crippen LogP contribution >= 0.6 is 0 Å². The quantitative estimate of drug-likeness (QED) is 0.310. The maximum atomic E-state index is 11.4. The van der Waals surface area contributed by atoms with E-state index in [9.17, 15) is 4.79 Å². The summed E-state index contributed by atoms with van der Waals surface area (Å²) in [5, 5.41) is 3.28. The third-order valence-corrected chi connectivity index (χ3v) is 3.71. The zero-order chi connectivity index (χ0) is 16.9. The molecule has 0 fully saturated rings. The van der Waals surface area contributed by atoms with Crippen molar-refractivity contribution in [3.63, 3.8) is 0 Å². The van der Waals surface area contributed by atoms with Gasteiger partial charge in [-0.2, -0.15) is 0 Å². The fourth-order valence-electron chi connectivity index (χ4n) is 2.60. The van der Waals surface area contributed by atoms with Crippen LogP contribution in [0.2, 0.25) is 0 Å². The van der Waals surface area contributed by atoms with E-state index in [1.807, 2.05) is 25.3 Å². The second-order valence-corrected chi connectivity index (χ2v) is 5.48. The maximum Gasteiger partial charge on any atom is 0.336 e. The van der Waals surface area contributed by atoms with Crippen molar-refractivity contribution in [3.8, 4) is 5.75 Å². The first-order valence-corrected chi connectivity index (χ1v) is 7.90. The highest BCUT2D eigenvalue weighted by atomic mass is 16.5. The van der Waals surface area contributed by atoms with Crippen LogP contribution in [0.5, 0.6) is 5.75 Å². The van der Waals surface area contributed by atoms with Gasteiger partial charge in [-0.05, 0) is 31.9 Å². The number of allylic oxidation sites excluding steroid dienone is 1. The van der Waals surface area contributed by atoms with Gasteiger partial charge >= 0.3 is 5.63 Å². The maximum absolute atomic E-state index is 11.4. The van der Waals surface area contributed by atoms with Gasteiger partial charge in [0, 0.05) is 24.9 Å². The number of hydrogen-bond donors (Lipinski definition) is 1. The molecule has 0 amide bonds. The predicted octanol–water partition coefficient (Wildman–Crippen LogP) is 3.41. The van der Waals surface area contributed by atoms with E-state index in [-0.39, 0.29) is 0 Å². The van der Waals surface area contributed by atoms with E-state index < -0.39 is 5.63 Å². The zero-order valence-corrected chi connectivity index (χ0v) is 13.5. The van der Waals surface area contributed by atoms with Crippen LogP contribution in [-0.4, -0.2) is 18.2 Å². The number of fused-ring (bicyclic) bond motifs is 2. The fourth-order valence-corrected chi connectivity index (χ4v) is 2.60. The second-order valence-electron chi connectivity index (χ2n) is 5.48. The molecule has 3 aromatic rings. The average molecular weight is 328 g/mol. The van der Waals surface area contributed by atoms with Gasteiger partial charge in [0.15, 0.2) is 0 Å². The first-order chi connectivity index (χ1) is 11.7. The van der Waals surface area contributed by atoms with Gasteiger partial charge in [-0.3, -0.25) is 0 Å². The molecule has 2 heterocycles. The molecule has 0 atom stereocenters. The molecule has 2 N–H and O–H groups in total. The van der Waals surface area contributed by atoms with Crippen LogP contribution < -0.4 is 16.2 Å². The highest BCUT2D eigenvalue weighted by molar-refractivity contribution is 6.01. The normalized spacial score (nSPS) is 11.6. The van der Waals surface area contributed by atoms with Gasteiger partial charge in [0.25, 0.3) is 0 Å². The third kappa shape index (κ3) is 3.44. The highest BCUT2D eigenvalue weighted by Crippen LogP contribution is 2.35. The smallest absolute Gasteiger partial charge is 0.336 e. The van der Waals surface area contributed by atoms with Crippen molar-refractivity contribution in [3.05, 3.63) is 53.2 Å². The second kappa shape index (κ2) is 7.23. The van der Waals surface area contributed by atoms with Crippen LogP contribution in [0.1, 0.15) is 19.8 Å². The Kier molecular flexibility index (Phi) is 4.86. The van der Waals surface area contributed by atoms with Crippen LogP contribution in [0.15, 0.2) is 56.4 Å². The first kappa shape index (κ1) is 16.1. The molecule has 2 aromatic heterocycles. The molecule has 126 valence electrons. The SMILES string of the molecule is C/C=C\N(N)CCCCOc1c2ccoc2cc2oc(=O)ccc12. The number of nitrogens with zero attached hydrogens (tertiary/aromatic N) is 1. The monoisotopic (exact) mass is 328 g/mol. The lowest BCUT2D eigenvalue weighted by atomic mass is 10.1. The summed E-state index contributed by atoms with van der Waals surface area (Å²) in [6, 6.07) is 6.67. The number of nitrogens with two attached hydrogens (primary N) is 1. The van der Waals surface area contributed by atoms with Crippen molar-refractivity contribution >= 4 is 21.9 Å². The summed E-state index contributed by atoms with van der Waals surface area (Å²) in [6.07, 6.45) is 7.10. The molecule has 3 rings (SSSR count). The van der Waals surface area contributed by atoms with Crippen LogP contribution in [0.3, 0.4) is 0 Å². The van der Waals surface area contributed by atoms with Crippen LogP contribution in [-0.2, 0) is 0 Å². The van der Waals surface area contributed by atoms with Gasteiger partial charge in [0.2, 0.25) is 0 Å². The molecule has 0 unspecified atom stereocenters. The van der Waals surface area contributed by atoms with E-state index >= 15 is 0 Å². The van der Waals surface area contributed by atoms with Crippen molar-refractivity contribution in [1.82, 2.24) is 5.01 Å². The predicted molar refractivity (Wildman–Crippen MR) is 92.7 cm³/mol. The van der Waals surface area contributed by atoms with Crippen LogP contribution in [0.25, 0.3) is 21.9 Å². The third-order valence-electron chi connectivity index (χ3n) is 3.71. The summed E-state index contributed by atoms with van der Waals surface area (Å²) in [7, 11) is 0. The van der Waals surface area contributed by atoms with E-state index in [1.165, 1.54) is 6.07 Å². The first-order valence-electron chi connectivity index (χ1n) is 7.90. The standard InChI is InChI=1S/C18H20N2O4/c1-2-8-20(19)9-3-4-10-23-18-13-5-6-17(21)24-16(13)12-15-14(18)7-11-22-15/h2,5-8,11-12H,3-4,9-10,19H2,1H3/b8-2-. The molecular formula is C18H20N2O4. The van der Waals surface area contributed by atoms with Crippen LogP contribution in [0, 0.1) is 0 Å². The van der Waals surface area contributed by atoms with Crippen molar-refractivity contribution in [2.45, 2.75) is 19.8 Å². The lowest BCUT2D eigenvalue weighted by Crippen LogP contribution is -2.26. The number of ether oxygens (including phenoxy) is 1. The summed E-state index contributed by atoms with van der Waals surface area (Å²) in [5.74, 6) is 6.46. The Morgan fingerprint density at radius 1 is 1.21 bits per heavy atom. The molecule has 0 bridgehead atoms. The number of hydrogen-bond acceptors (Lipinski definition) is 6. The number of hydrazine groups is 1. The Morgan fingerprint density at radius 3 is 2.88 bits per heavy atom. The Morgan fingerprint density at radius 2 is 2.04 bits per heavy atom. The number of benzene rings is 1. The summed E-state index contributed by atoms with van der Waals surface area (Å²) in [6.45, 7) is 3.24. The molecule has 0 spiro atoms. The Labute approximate surface area is 139 Å². The Hall–Kier alpha value is -2.73. The van der Waals surface area contributed by atoms with E-state index in [2.05, 4.69) is 0 Å². The molecule has 0 radical (unpaired) electrons. The molecule has 0 aliphatic heterocycles. The molecule has 1 aromatic carbocycles. The Bertz CT molecular complexity index is 910. The number of furan rings is 1. The fraction of sp³-hybridized carbons (Fsp3) is 0.278. The van der Waals surface area contributed by atoms with E-state index in [4.69, 9.17) is 19.4 Å². The molecule has 0 aliphatic rings. The molecular weight excluding hydrogens is 308 g/mol. The summed E-state index contributed by atoms with van der Waals surface area (Å²) < 4.78 is 16.6.